The van der Waals surface area contributed by atoms with Crippen LogP contribution in [0, 0.1) is 0 Å². The van der Waals surface area contributed by atoms with E-state index in [-0.39, 0.29) is 17.7 Å². The average Bonchev–Trinajstić information content (AvgIpc) is 3.35. The van der Waals surface area contributed by atoms with Crippen molar-refractivity contribution in [3.05, 3.63) is 65.2 Å². The third kappa shape index (κ3) is 4.36. The van der Waals surface area contributed by atoms with Crippen LogP contribution >= 0.6 is 11.3 Å². The summed E-state index contributed by atoms with van der Waals surface area (Å²) in [6.07, 6.45) is 0.356. The van der Waals surface area contributed by atoms with Gasteiger partial charge in [-0.2, -0.15) is 0 Å². The summed E-state index contributed by atoms with van der Waals surface area (Å²) in [4.78, 5) is 37.5. The number of anilines is 2. The molecule has 0 unspecified atom stereocenters. The van der Waals surface area contributed by atoms with Gasteiger partial charge in [0, 0.05) is 37.1 Å². The first-order valence-electron chi connectivity index (χ1n) is 9.28. The lowest BCUT2D eigenvalue weighted by atomic mass is 10.1. The van der Waals surface area contributed by atoms with E-state index in [1.807, 2.05) is 30.3 Å². The third-order valence-electron chi connectivity index (χ3n) is 4.58. The highest BCUT2D eigenvalue weighted by Gasteiger charge is 2.33. The Morgan fingerprint density at radius 3 is 2.53 bits per heavy atom. The Morgan fingerprint density at radius 1 is 1.10 bits per heavy atom. The number of esters is 1. The number of nitrogens with one attached hydrogen (secondary N) is 1. The van der Waals surface area contributed by atoms with E-state index in [1.54, 1.807) is 29.2 Å². The first-order chi connectivity index (χ1) is 14.5. The lowest BCUT2D eigenvalue weighted by Crippen LogP contribution is -2.24. The minimum Gasteiger partial charge on any atom is -0.427 e. The summed E-state index contributed by atoms with van der Waals surface area (Å²) in [5.74, 6) is -0.430. The van der Waals surface area contributed by atoms with Gasteiger partial charge in [0.05, 0.1) is 0 Å². The second-order valence-corrected chi connectivity index (χ2v) is 7.77. The number of hydrogen-bond donors (Lipinski definition) is 1. The number of para-hydroxylation sites is 1. The zero-order valence-corrected chi connectivity index (χ0v) is 16.9. The molecule has 4 rings (SSSR count). The van der Waals surface area contributed by atoms with Gasteiger partial charge in [-0.3, -0.25) is 19.7 Å². The molecule has 1 fully saturated rings. The van der Waals surface area contributed by atoms with Crippen LogP contribution in [-0.4, -0.2) is 34.5 Å². The van der Waals surface area contributed by atoms with Crippen LogP contribution in [0.1, 0.15) is 34.6 Å². The Labute approximate surface area is 176 Å². The van der Waals surface area contributed by atoms with E-state index < -0.39 is 5.97 Å². The maximum absolute atomic E-state index is 12.4. The number of hydrogen-bond acceptors (Lipinski definition) is 7. The molecule has 0 aliphatic carbocycles. The monoisotopic (exact) mass is 422 g/mol. The summed E-state index contributed by atoms with van der Waals surface area (Å²) in [7, 11) is 0. The Morgan fingerprint density at radius 2 is 1.83 bits per heavy atom. The van der Waals surface area contributed by atoms with Crippen molar-refractivity contribution in [2.75, 3.05) is 16.8 Å². The predicted octanol–water partition coefficient (Wildman–Crippen LogP) is 3.24. The number of nitrogens with zero attached hydrogens (tertiary/aromatic N) is 3. The largest absolute Gasteiger partial charge is 0.427 e. The molecule has 1 aliphatic rings. The quantitative estimate of drug-likeness (QED) is 0.500. The zero-order valence-electron chi connectivity index (χ0n) is 16.1. The van der Waals surface area contributed by atoms with Crippen LogP contribution in [0.5, 0.6) is 5.75 Å². The Balaban J connectivity index is 1.40. The molecule has 1 aliphatic heterocycles. The molecular formula is C21H18N4O4S. The summed E-state index contributed by atoms with van der Waals surface area (Å²) in [5.41, 5.74) is 1.26. The average molecular weight is 422 g/mol. The molecule has 2 amide bonds. The predicted molar refractivity (Wildman–Crippen MR) is 112 cm³/mol. The van der Waals surface area contributed by atoms with E-state index in [4.69, 9.17) is 4.74 Å². The van der Waals surface area contributed by atoms with Crippen LogP contribution in [0.4, 0.5) is 10.8 Å². The number of benzene rings is 2. The fourth-order valence-electron chi connectivity index (χ4n) is 3.19. The SMILES string of the molecule is CC(=O)Oc1ccc(C(=O)Nc2nnc([C@@H]3CC(=O)N(c4ccccc4)C3)s2)cc1. The van der Waals surface area contributed by atoms with Gasteiger partial charge in [-0.25, -0.2) is 0 Å². The van der Waals surface area contributed by atoms with Crippen LogP contribution < -0.4 is 15.0 Å². The summed E-state index contributed by atoms with van der Waals surface area (Å²) < 4.78 is 4.95. The Hall–Kier alpha value is -3.59. The molecule has 1 atom stereocenters. The molecule has 152 valence electrons. The van der Waals surface area contributed by atoms with Crippen molar-refractivity contribution in [1.82, 2.24) is 10.2 Å². The van der Waals surface area contributed by atoms with Gasteiger partial charge in [-0.05, 0) is 36.4 Å². The van der Waals surface area contributed by atoms with Crippen molar-refractivity contribution in [1.29, 1.82) is 0 Å². The van der Waals surface area contributed by atoms with Crippen molar-refractivity contribution in [2.45, 2.75) is 19.3 Å². The number of ether oxygens (including phenoxy) is 1. The molecule has 0 saturated carbocycles. The highest BCUT2D eigenvalue weighted by atomic mass is 32.1. The van der Waals surface area contributed by atoms with Crippen LogP contribution in [0.3, 0.4) is 0 Å². The molecule has 9 heteroatoms. The van der Waals surface area contributed by atoms with Gasteiger partial charge < -0.3 is 9.64 Å². The molecule has 0 bridgehead atoms. The van der Waals surface area contributed by atoms with Crippen molar-refractivity contribution in [3.63, 3.8) is 0 Å². The molecule has 2 heterocycles. The standard InChI is InChI=1S/C21H18N4O4S/c1-13(26)29-17-9-7-14(8-10-17)19(28)22-21-24-23-20(30-21)15-11-18(27)25(12-15)16-5-3-2-4-6-16/h2-10,15H,11-12H2,1H3,(H,22,24,28)/t15-/m1/s1. The van der Waals surface area contributed by atoms with E-state index >= 15 is 0 Å². The second-order valence-electron chi connectivity index (χ2n) is 6.76. The van der Waals surface area contributed by atoms with Crippen molar-refractivity contribution in [2.24, 2.45) is 0 Å². The third-order valence-corrected chi connectivity index (χ3v) is 5.58. The van der Waals surface area contributed by atoms with Gasteiger partial charge in [0.2, 0.25) is 11.0 Å². The highest BCUT2D eigenvalue weighted by Crippen LogP contribution is 2.34. The second kappa shape index (κ2) is 8.42. The molecule has 2 aromatic carbocycles. The highest BCUT2D eigenvalue weighted by molar-refractivity contribution is 7.15. The molecule has 1 aromatic heterocycles. The fraction of sp³-hybridized carbons (Fsp3) is 0.190. The van der Waals surface area contributed by atoms with E-state index in [0.29, 0.717) is 34.4 Å². The van der Waals surface area contributed by atoms with E-state index in [0.717, 1.165) is 5.69 Å². The van der Waals surface area contributed by atoms with E-state index in [1.165, 1.54) is 18.3 Å². The van der Waals surface area contributed by atoms with Gasteiger partial charge in [0.25, 0.3) is 5.91 Å². The number of aromatic nitrogens is 2. The van der Waals surface area contributed by atoms with Crippen LogP contribution in [0.15, 0.2) is 54.6 Å². The number of carbonyl (C=O) groups is 3. The van der Waals surface area contributed by atoms with Gasteiger partial charge >= 0.3 is 5.97 Å². The Bertz CT molecular complexity index is 1080. The minimum absolute atomic E-state index is 0.0415. The fourth-order valence-corrected chi connectivity index (χ4v) is 4.02. The van der Waals surface area contributed by atoms with Gasteiger partial charge in [0.15, 0.2) is 0 Å². The smallest absolute Gasteiger partial charge is 0.308 e. The molecule has 0 spiro atoms. The molecule has 1 N–H and O–H groups in total. The van der Waals surface area contributed by atoms with Crippen LogP contribution in [0.25, 0.3) is 0 Å². The topological polar surface area (TPSA) is 101 Å². The number of carbonyl (C=O) groups excluding carboxylic acids is 3. The lowest BCUT2D eigenvalue weighted by molar-refractivity contribution is -0.131. The lowest BCUT2D eigenvalue weighted by Gasteiger charge is -2.15. The van der Waals surface area contributed by atoms with Crippen molar-refractivity contribution in [3.8, 4) is 5.75 Å². The minimum atomic E-state index is -0.426. The summed E-state index contributed by atoms with van der Waals surface area (Å²) in [5, 5.41) is 12.0. The molecule has 3 aromatic rings. The molecule has 0 radical (unpaired) electrons. The van der Waals surface area contributed by atoms with Gasteiger partial charge in [0.1, 0.15) is 10.8 Å². The Kier molecular flexibility index (Phi) is 5.53. The van der Waals surface area contributed by atoms with E-state index in [2.05, 4.69) is 15.5 Å². The summed E-state index contributed by atoms with van der Waals surface area (Å²) in [6, 6.07) is 15.7. The first kappa shape index (κ1) is 19.7. The maximum Gasteiger partial charge on any atom is 0.308 e. The number of rotatable bonds is 5. The molecule has 8 nitrogen and oxygen atoms in total. The molecule has 1 saturated heterocycles. The maximum atomic E-state index is 12.4. The van der Waals surface area contributed by atoms with Gasteiger partial charge in [-0.1, -0.05) is 29.5 Å². The van der Waals surface area contributed by atoms with Gasteiger partial charge in [-0.15, -0.1) is 10.2 Å². The van der Waals surface area contributed by atoms with E-state index in [9.17, 15) is 14.4 Å². The molecular weight excluding hydrogens is 404 g/mol. The van der Waals surface area contributed by atoms with Crippen molar-refractivity contribution < 1.29 is 19.1 Å². The summed E-state index contributed by atoms with van der Waals surface area (Å²) in [6.45, 7) is 1.84. The van der Waals surface area contributed by atoms with Crippen LogP contribution in [-0.2, 0) is 9.59 Å². The van der Waals surface area contributed by atoms with Crippen LogP contribution in [0.2, 0.25) is 0 Å². The summed E-state index contributed by atoms with van der Waals surface area (Å²) >= 11 is 1.26. The first-order valence-corrected chi connectivity index (χ1v) is 10.1. The molecule has 30 heavy (non-hydrogen) atoms. The zero-order chi connectivity index (χ0) is 21.1. The normalized spacial score (nSPS) is 15.8. The number of amides is 2. The van der Waals surface area contributed by atoms with Crippen molar-refractivity contribution >= 4 is 39.9 Å².